The van der Waals surface area contributed by atoms with Crippen molar-refractivity contribution in [2.75, 3.05) is 23.7 Å². The predicted molar refractivity (Wildman–Crippen MR) is 59.7 cm³/mol. The second-order valence-electron chi connectivity index (χ2n) is 4.57. The van der Waals surface area contributed by atoms with Crippen molar-refractivity contribution in [3.05, 3.63) is 23.2 Å². The van der Waals surface area contributed by atoms with Gasteiger partial charge in [-0.3, -0.25) is 0 Å². The second kappa shape index (κ2) is 2.57. The van der Waals surface area contributed by atoms with Gasteiger partial charge in [-0.1, -0.05) is 11.6 Å². The Morgan fingerprint density at radius 3 is 2.64 bits per heavy atom. The van der Waals surface area contributed by atoms with Crippen molar-refractivity contribution in [1.82, 2.24) is 0 Å². The van der Waals surface area contributed by atoms with Crippen LogP contribution in [0, 0.1) is 5.41 Å². The average Bonchev–Trinajstić information content (AvgIpc) is 2.86. The minimum atomic E-state index is 0.661. The van der Waals surface area contributed by atoms with Gasteiger partial charge in [0, 0.05) is 24.2 Å². The summed E-state index contributed by atoms with van der Waals surface area (Å²) in [6.45, 7) is 2.33. The van der Waals surface area contributed by atoms with E-state index in [0.717, 1.165) is 29.5 Å². The Morgan fingerprint density at radius 1 is 1.29 bits per heavy atom. The van der Waals surface area contributed by atoms with Crippen molar-refractivity contribution >= 4 is 23.0 Å². The molecule has 74 valence electrons. The highest BCUT2D eigenvalue weighted by Gasteiger charge is 2.52. The lowest BCUT2D eigenvalue weighted by molar-refractivity contribution is 0.387. The van der Waals surface area contributed by atoms with E-state index in [2.05, 4.69) is 4.90 Å². The molecule has 1 saturated heterocycles. The van der Waals surface area contributed by atoms with Crippen molar-refractivity contribution in [1.29, 1.82) is 0 Å². The third-order valence-corrected chi connectivity index (χ3v) is 3.64. The number of halogens is 1. The fourth-order valence-electron chi connectivity index (χ4n) is 2.20. The zero-order valence-electron chi connectivity index (χ0n) is 7.96. The van der Waals surface area contributed by atoms with Crippen molar-refractivity contribution in [2.24, 2.45) is 5.41 Å². The number of nitrogens with zero attached hydrogens (tertiary/aromatic N) is 1. The zero-order valence-corrected chi connectivity index (χ0v) is 8.72. The van der Waals surface area contributed by atoms with Crippen LogP contribution in [0.3, 0.4) is 0 Å². The third kappa shape index (κ3) is 1.17. The summed E-state index contributed by atoms with van der Waals surface area (Å²) in [4.78, 5) is 2.33. The van der Waals surface area contributed by atoms with Gasteiger partial charge in [0.2, 0.25) is 0 Å². The summed E-state index contributed by atoms with van der Waals surface area (Å²) in [6, 6.07) is 5.69. The predicted octanol–water partition coefficient (Wildman–Crippen LogP) is 2.52. The zero-order chi connectivity index (χ0) is 9.76. The van der Waals surface area contributed by atoms with Gasteiger partial charge >= 0.3 is 0 Å². The molecule has 1 aliphatic heterocycles. The van der Waals surface area contributed by atoms with E-state index < -0.39 is 0 Å². The minimum Gasteiger partial charge on any atom is -0.399 e. The maximum atomic E-state index is 6.12. The van der Waals surface area contributed by atoms with E-state index in [1.807, 2.05) is 18.2 Å². The number of anilines is 2. The lowest BCUT2D eigenvalue weighted by Gasteiger charge is -2.42. The number of rotatable bonds is 1. The van der Waals surface area contributed by atoms with E-state index in [0.29, 0.717) is 5.41 Å². The van der Waals surface area contributed by atoms with Crippen molar-refractivity contribution in [3.63, 3.8) is 0 Å². The molecule has 1 spiro atoms. The summed E-state index contributed by atoms with van der Waals surface area (Å²) >= 11 is 6.12. The molecule has 0 aromatic heterocycles. The molecule has 2 fully saturated rings. The van der Waals surface area contributed by atoms with Crippen LogP contribution in [0.5, 0.6) is 0 Å². The Kier molecular flexibility index (Phi) is 1.55. The van der Waals surface area contributed by atoms with Crippen LogP contribution >= 0.6 is 11.6 Å². The third-order valence-electron chi connectivity index (χ3n) is 3.32. The summed E-state index contributed by atoms with van der Waals surface area (Å²) in [5, 5.41) is 0.815. The Morgan fingerprint density at radius 2 is 2.00 bits per heavy atom. The lowest BCUT2D eigenvalue weighted by Crippen LogP contribution is -2.48. The van der Waals surface area contributed by atoms with Crippen LogP contribution in [0.15, 0.2) is 18.2 Å². The topological polar surface area (TPSA) is 29.3 Å². The monoisotopic (exact) mass is 208 g/mol. The summed E-state index contributed by atoms with van der Waals surface area (Å²) in [5.41, 5.74) is 8.30. The molecule has 0 atom stereocenters. The molecular weight excluding hydrogens is 196 g/mol. The average molecular weight is 209 g/mol. The van der Waals surface area contributed by atoms with E-state index >= 15 is 0 Å². The standard InChI is InChI=1S/C11H13ClN2/c12-9-2-1-8(13)5-10(9)14-6-11(7-14)3-4-11/h1-2,5H,3-4,6-7,13H2. The molecular formula is C11H13ClN2. The lowest BCUT2D eigenvalue weighted by atomic mass is 9.96. The van der Waals surface area contributed by atoms with Crippen molar-refractivity contribution in [2.45, 2.75) is 12.8 Å². The molecule has 1 aliphatic carbocycles. The molecule has 3 heteroatoms. The molecule has 1 saturated carbocycles. The molecule has 0 radical (unpaired) electrons. The molecule has 2 aliphatic rings. The molecule has 1 aromatic carbocycles. The van der Waals surface area contributed by atoms with Crippen molar-refractivity contribution < 1.29 is 0 Å². The first-order chi connectivity index (χ1) is 6.69. The molecule has 0 amide bonds. The fraction of sp³-hybridized carbons (Fsp3) is 0.455. The quantitative estimate of drug-likeness (QED) is 0.719. The highest BCUT2D eigenvalue weighted by atomic mass is 35.5. The number of nitrogens with two attached hydrogens (primary N) is 1. The van der Waals surface area contributed by atoms with Crippen LogP contribution < -0.4 is 10.6 Å². The van der Waals surface area contributed by atoms with Crippen LogP contribution in [0.1, 0.15) is 12.8 Å². The van der Waals surface area contributed by atoms with Gasteiger partial charge in [0.1, 0.15) is 0 Å². The highest BCUT2D eigenvalue weighted by Crippen LogP contribution is 2.54. The Balaban J connectivity index is 1.85. The molecule has 2 N–H and O–H groups in total. The fourth-order valence-corrected chi connectivity index (χ4v) is 2.44. The van der Waals surface area contributed by atoms with Gasteiger partial charge in [-0.25, -0.2) is 0 Å². The number of benzene rings is 1. The molecule has 3 rings (SSSR count). The Labute approximate surface area is 88.6 Å². The first-order valence-electron chi connectivity index (χ1n) is 4.99. The molecule has 1 heterocycles. The first kappa shape index (κ1) is 8.42. The van der Waals surface area contributed by atoms with Crippen LogP contribution in [-0.4, -0.2) is 13.1 Å². The van der Waals surface area contributed by atoms with Crippen LogP contribution in [0.25, 0.3) is 0 Å². The van der Waals surface area contributed by atoms with Gasteiger partial charge < -0.3 is 10.6 Å². The minimum absolute atomic E-state index is 0.661. The molecule has 2 nitrogen and oxygen atoms in total. The summed E-state index contributed by atoms with van der Waals surface area (Å²) in [7, 11) is 0. The maximum Gasteiger partial charge on any atom is 0.0641 e. The van der Waals surface area contributed by atoms with Gasteiger partial charge in [0.05, 0.1) is 10.7 Å². The molecule has 0 bridgehead atoms. The molecule has 0 unspecified atom stereocenters. The normalized spacial score (nSPS) is 22.2. The van der Waals surface area contributed by atoms with Gasteiger partial charge in [-0.15, -0.1) is 0 Å². The van der Waals surface area contributed by atoms with Crippen LogP contribution in [-0.2, 0) is 0 Å². The smallest absolute Gasteiger partial charge is 0.0641 e. The van der Waals surface area contributed by atoms with Gasteiger partial charge in [0.15, 0.2) is 0 Å². The summed E-state index contributed by atoms with van der Waals surface area (Å²) in [5.74, 6) is 0. The SMILES string of the molecule is Nc1ccc(Cl)c(N2CC3(CC3)C2)c1. The van der Waals surface area contributed by atoms with E-state index in [1.54, 1.807) is 0 Å². The second-order valence-corrected chi connectivity index (χ2v) is 4.97. The van der Waals surface area contributed by atoms with Gasteiger partial charge in [-0.05, 0) is 31.0 Å². The van der Waals surface area contributed by atoms with Crippen LogP contribution in [0.4, 0.5) is 11.4 Å². The van der Waals surface area contributed by atoms with Gasteiger partial charge in [-0.2, -0.15) is 0 Å². The largest absolute Gasteiger partial charge is 0.399 e. The maximum absolute atomic E-state index is 6.12. The number of nitrogen functional groups attached to an aromatic ring is 1. The highest BCUT2D eigenvalue weighted by molar-refractivity contribution is 6.33. The van der Waals surface area contributed by atoms with E-state index in [-0.39, 0.29) is 0 Å². The first-order valence-corrected chi connectivity index (χ1v) is 5.36. The number of hydrogen-bond donors (Lipinski definition) is 1. The van der Waals surface area contributed by atoms with E-state index in [1.165, 1.54) is 12.8 Å². The van der Waals surface area contributed by atoms with E-state index in [4.69, 9.17) is 17.3 Å². The van der Waals surface area contributed by atoms with Gasteiger partial charge in [0.25, 0.3) is 0 Å². The molecule has 14 heavy (non-hydrogen) atoms. The van der Waals surface area contributed by atoms with E-state index in [9.17, 15) is 0 Å². The van der Waals surface area contributed by atoms with Crippen molar-refractivity contribution in [3.8, 4) is 0 Å². The Bertz CT molecular complexity index is 377. The Hall–Kier alpha value is -0.890. The summed E-state index contributed by atoms with van der Waals surface area (Å²) < 4.78 is 0. The molecule has 1 aromatic rings. The summed E-state index contributed by atoms with van der Waals surface area (Å²) in [6.07, 6.45) is 2.78. The van der Waals surface area contributed by atoms with Crippen LogP contribution in [0.2, 0.25) is 5.02 Å². The number of hydrogen-bond acceptors (Lipinski definition) is 2.